The van der Waals surface area contributed by atoms with E-state index in [0.29, 0.717) is 0 Å². The van der Waals surface area contributed by atoms with Gasteiger partial charge in [-0.3, -0.25) is 0 Å². The van der Waals surface area contributed by atoms with Gasteiger partial charge in [0.1, 0.15) is 11.6 Å². The molecule has 1 aromatic heterocycles. The Morgan fingerprint density at radius 2 is 2.73 bits per heavy atom. The maximum atomic E-state index is 7.43. The summed E-state index contributed by atoms with van der Waals surface area (Å²) >= 11 is 0. The predicted molar refractivity (Wildman–Crippen MR) is 44.4 cm³/mol. The topological polar surface area (TPSA) is 48.1 Å². The monoisotopic (exact) mass is 159 g/mol. The highest BCUT2D eigenvalue weighted by molar-refractivity contribution is 5.31. The van der Waals surface area contributed by atoms with Crippen LogP contribution in [-0.2, 0) is 0 Å². The molecule has 0 radical (unpaired) electrons. The second-order valence-electron chi connectivity index (χ2n) is 1.75. The number of hydrogen-bond donors (Lipinski definition) is 1. The summed E-state index contributed by atoms with van der Waals surface area (Å²) < 4.78 is 55.2. The first kappa shape index (κ1) is 2.66. The van der Waals surface area contributed by atoms with Crippen molar-refractivity contribution in [3.63, 3.8) is 0 Å². The predicted octanol–water partition coefficient (Wildman–Crippen LogP) is 1.45. The Hall–Kier alpha value is -1.25. The van der Waals surface area contributed by atoms with Crippen LogP contribution in [0.25, 0.3) is 0 Å². The first-order chi connectivity index (χ1) is 7.97. The van der Waals surface area contributed by atoms with Gasteiger partial charge >= 0.3 is 0 Å². The molecule has 1 aromatic rings. The van der Waals surface area contributed by atoms with Crippen LogP contribution in [0.2, 0.25) is 0 Å². The second kappa shape index (κ2) is 3.81. The maximum absolute atomic E-state index is 7.43. The SMILES string of the molecule is [2H]C([2H])([2H])C([2H])([2H])C([2H])([2H])Oc1ccc(N)nc1. The van der Waals surface area contributed by atoms with Crippen LogP contribution in [0.15, 0.2) is 18.3 Å². The molecule has 0 unspecified atom stereocenters. The molecule has 0 atom stereocenters. The van der Waals surface area contributed by atoms with E-state index in [9.17, 15) is 0 Å². The first-order valence-electron chi connectivity index (χ1n) is 6.38. The minimum atomic E-state index is -3.17. The van der Waals surface area contributed by atoms with Crippen molar-refractivity contribution in [2.75, 3.05) is 12.3 Å². The van der Waals surface area contributed by atoms with Gasteiger partial charge in [0, 0.05) is 6.85 Å². The molecule has 0 aliphatic rings. The van der Waals surface area contributed by atoms with Crippen LogP contribution in [0.5, 0.6) is 5.75 Å². The molecule has 0 aliphatic carbocycles. The number of pyridine rings is 1. The molecule has 1 heterocycles. The van der Waals surface area contributed by atoms with Crippen molar-refractivity contribution in [2.24, 2.45) is 0 Å². The van der Waals surface area contributed by atoms with E-state index in [1.165, 1.54) is 12.1 Å². The summed E-state index contributed by atoms with van der Waals surface area (Å²) in [6.45, 7) is -6.19. The smallest absolute Gasteiger partial charge is 0.137 e. The Bertz CT molecular complexity index is 414. The first-order valence-corrected chi connectivity index (χ1v) is 2.88. The van der Waals surface area contributed by atoms with Crippen molar-refractivity contribution in [2.45, 2.75) is 13.2 Å². The van der Waals surface area contributed by atoms with Gasteiger partial charge in [-0.25, -0.2) is 4.98 Å². The van der Waals surface area contributed by atoms with Crippen molar-refractivity contribution in [1.82, 2.24) is 4.98 Å². The van der Waals surface area contributed by atoms with Crippen LogP contribution in [0.3, 0.4) is 0 Å². The van der Waals surface area contributed by atoms with Crippen LogP contribution in [-0.4, -0.2) is 11.5 Å². The number of hydrogen-bond acceptors (Lipinski definition) is 3. The summed E-state index contributed by atoms with van der Waals surface area (Å²) in [6.07, 6.45) is -2.08. The highest BCUT2D eigenvalue weighted by Crippen LogP contribution is 2.09. The van der Waals surface area contributed by atoms with Crippen molar-refractivity contribution in [1.29, 1.82) is 0 Å². The third-order valence-electron chi connectivity index (χ3n) is 0.979. The zero-order valence-corrected chi connectivity index (χ0v) is 5.66. The van der Waals surface area contributed by atoms with E-state index < -0.39 is 19.8 Å². The molecule has 3 heteroatoms. The fraction of sp³-hybridized carbons (Fsp3) is 0.375. The standard InChI is InChI=1S/C8H12N2O/c1-2-5-11-7-3-4-8(9)10-6-7/h3-4,6H,2,5H2,1H3,(H2,9,10)/i1D3,2D2,5D2. The van der Waals surface area contributed by atoms with E-state index in [4.69, 9.17) is 20.1 Å². The van der Waals surface area contributed by atoms with Crippen molar-refractivity contribution < 1.29 is 14.3 Å². The number of nitrogens with two attached hydrogens (primary N) is 1. The van der Waals surface area contributed by atoms with Crippen molar-refractivity contribution in [3.8, 4) is 5.75 Å². The van der Waals surface area contributed by atoms with Crippen LogP contribution < -0.4 is 10.5 Å². The van der Waals surface area contributed by atoms with Gasteiger partial charge in [-0.05, 0) is 18.5 Å². The third-order valence-corrected chi connectivity index (χ3v) is 0.979. The maximum Gasteiger partial charge on any atom is 0.137 e. The average molecular weight is 159 g/mol. The minimum Gasteiger partial charge on any atom is -0.492 e. The molecule has 11 heavy (non-hydrogen) atoms. The highest BCUT2D eigenvalue weighted by atomic mass is 16.5. The Morgan fingerprint density at radius 3 is 3.36 bits per heavy atom. The van der Waals surface area contributed by atoms with Crippen LogP contribution in [0.4, 0.5) is 5.82 Å². The summed E-state index contributed by atoms with van der Waals surface area (Å²) in [7, 11) is 0. The molecule has 0 bridgehead atoms. The molecule has 1 rings (SSSR count). The normalized spacial score (nSPS) is 22.7. The lowest BCUT2D eigenvalue weighted by Gasteiger charge is -2.02. The van der Waals surface area contributed by atoms with Gasteiger partial charge in [-0.15, -0.1) is 0 Å². The molecule has 0 saturated carbocycles. The molecule has 60 valence electrons. The molecular weight excluding hydrogens is 140 g/mol. The van der Waals surface area contributed by atoms with Gasteiger partial charge in [-0.2, -0.15) is 0 Å². The van der Waals surface area contributed by atoms with Gasteiger partial charge in [0.2, 0.25) is 0 Å². The van der Waals surface area contributed by atoms with Gasteiger partial charge in [-0.1, -0.05) is 6.85 Å². The average Bonchev–Trinajstić information content (AvgIpc) is 2.19. The summed E-state index contributed by atoms with van der Waals surface area (Å²) in [5, 5.41) is 0. The van der Waals surface area contributed by atoms with Crippen LogP contribution >= 0.6 is 0 Å². The molecule has 0 saturated heterocycles. The van der Waals surface area contributed by atoms with E-state index >= 15 is 0 Å². The largest absolute Gasteiger partial charge is 0.492 e. The Labute approximate surface area is 76.0 Å². The molecule has 0 aromatic carbocycles. The summed E-state index contributed by atoms with van der Waals surface area (Å²) in [5.41, 5.74) is 5.32. The number of rotatable bonds is 3. The number of aromatic nitrogens is 1. The summed E-state index contributed by atoms with van der Waals surface area (Å²) in [6, 6.07) is 2.60. The van der Waals surface area contributed by atoms with E-state index in [-0.39, 0.29) is 11.6 Å². The zero-order valence-electron chi connectivity index (χ0n) is 12.7. The fourth-order valence-corrected chi connectivity index (χ4v) is 0.537. The molecule has 3 nitrogen and oxygen atoms in total. The second-order valence-corrected chi connectivity index (χ2v) is 1.75. The number of nitrogens with zero attached hydrogens (tertiary/aromatic N) is 1. The lowest BCUT2D eigenvalue weighted by Crippen LogP contribution is -1.96. The van der Waals surface area contributed by atoms with Gasteiger partial charge in [0.05, 0.1) is 15.5 Å². The summed E-state index contributed by atoms with van der Waals surface area (Å²) in [4.78, 5) is 3.63. The van der Waals surface area contributed by atoms with E-state index in [2.05, 4.69) is 4.98 Å². The van der Waals surface area contributed by atoms with Crippen molar-refractivity contribution >= 4 is 5.82 Å². The lowest BCUT2D eigenvalue weighted by atomic mass is 10.4. The van der Waals surface area contributed by atoms with E-state index in [1.54, 1.807) is 0 Å². The lowest BCUT2D eigenvalue weighted by molar-refractivity contribution is 0.316. The Morgan fingerprint density at radius 1 is 1.82 bits per heavy atom. The van der Waals surface area contributed by atoms with Crippen LogP contribution in [0.1, 0.15) is 22.8 Å². The molecule has 0 spiro atoms. The molecule has 2 N–H and O–H groups in total. The molecule has 0 fully saturated rings. The van der Waals surface area contributed by atoms with Gasteiger partial charge in [0.25, 0.3) is 0 Å². The highest BCUT2D eigenvalue weighted by Gasteiger charge is 1.91. The molecule has 0 aliphatic heterocycles. The van der Waals surface area contributed by atoms with E-state index in [1.807, 2.05) is 0 Å². The third kappa shape index (κ3) is 2.45. The van der Waals surface area contributed by atoms with E-state index in [0.717, 1.165) is 6.20 Å². The van der Waals surface area contributed by atoms with Crippen LogP contribution in [0, 0.1) is 0 Å². The Kier molecular flexibility index (Phi) is 0.921. The number of nitrogen functional groups attached to an aromatic ring is 1. The molecular formula is C8H12N2O. The Balaban J connectivity index is 2.97. The summed E-state index contributed by atoms with van der Waals surface area (Å²) in [5.74, 6) is 0.0732. The quantitative estimate of drug-likeness (QED) is 0.726. The zero-order chi connectivity index (χ0) is 14.2. The molecule has 0 amide bonds. The van der Waals surface area contributed by atoms with Gasteiger partial charge in [0.15, 0.2) is 0 Å². The van der Waals surface area contributed by atoms with Gasteiger partial charge < -0.3 is 10.5 Å². The minimum absolute atomic E-state index is 0.109. The van der Waals surface area contributed by atoms with Crippen molar-refractivity contribution in [3.05, 3.63) is 18.3 Å². The number of ether oxygens (including phenoxy) is 1. The fourth-order valence-electron chi connectivity index (χ4n) is 0.537. The number of anilines is 1.